The first-order valence-corrected chi connectivity index (χ1v) is 6.69. The second-order valence-corrected chi connectivity index (χ2v) is 5.39. The Kier molecular flexibility index (Phi) is 4.44. The number of nitrogens with one attached hydrogen (secondary N) is 1. The number of halogens is 1. The van der Waals surface area contributed by atoms with E-state index in [9.17, 15) is 0 Å². The first-order chi connectivity index (χ1) is 7.75. The van der Waals surface area contributed by atoms with Crippen molar-refractivity contribution in [2.24, 2.45) is 0 Å². The van der Waals surface area contributed by atoms with Crippen LogP contribution < -0.4 is 5.32 Å². The molecule has 1 unspecified atom stereocenters. The van der Waals surface area contributed by atoms with Crippen molar-refractivity contribution in [2.45, 2.75) is 31.8 Å². The fourth-order valence-electron chi connectivity index (χ4n) is 2.20. The number of likely N-dealkylation sites (N-methyl/N-ethyl adjacent to an activating group) is 1. The predicted octanol–water partition coefficient (Wildman–Crippen LogP) is 2.62. The van der Waals surface area contributed by atoms with Gasteiger partial charge in [0.05, 0.1) is 17.3 Å². The van der Waals surface area contributed by atoms with E-state index in [2.05, 4.69) is 33.2 Å². The molecule has 0 saturated carbocycles. The minimum absolute atomic E-state index is 0.646. The monoisotopic (exact) mass is 286 g/mol. The van der Waals surface area contributed by atoms with E-state index >= 15 is 0 Å². The van der Waals surface area contributed by atoms with Crippen molar-refractivity contribution in [3.8, 4) is 0 Å². The second kappa shape index (κ2) is 5.84. The van der Waals surface area contributed by atoms with Crippen molar-refractivity contribution < 1.29 is 4.42 Å². The Labute approximate surface area is 105 Å². The predicted molar refractivity (Wildman–Crippen MR) is 68.4 cm³/mol. The van der Waals surface area contributed by atoms with E-state index < -0.39 is 0 Å². The molecule has 1 N–H and O–H groups in total. The molecule has 0 aliphatic carbocycles. The van der Waals surface area contributed by atoms with Crippen LogP contribution in [-0.4, -0.2) is 31.1 Å². The summed E-state index contributed by atoms with van der Waals surface area (Å²) in [5.74, 6) is 1.01. The van der Waals surface area contributed by atoms with Gasteiger partial charge in [0.2, 0.25) is 0 Å². The molecule has 0 bridgehead atoms. The standard InChI is InChI=1S/C12H19BrN2O/c1-15(8-10-4-2-3-6-14-10)9-12-11(13)5-7-16-12/h5,7,10,14H,2-4,6,8-9H2,1H3. The summed E-state index contributed by atoms with van der Waals surface area (Å²) in [6.45, 7) is 3.13. The fraction of sp³-hybridized carbons (Fsp3) is 0.667. The summed E-state index contributed by atoms with van der Waals surface area (Å²) in [7, 11) is 2.14. The lowest BCUT2D eigenvalue weighted by molar-refractivity contribution is 0.240. The topological polar surface area (TPSA) is 28.4 Å². The third kappa shape index (κ3) is 3.34. The van der Waals surface area contributed by atoms with Crippen LogP contribution in [0.1, 0.15) is 25.0 Å². The number of piperidine rings is 1. The molecule has 0 spiro atoms. The van der Waals surface area contributed by atoms with Crippen LogP contribution in [0.3, 0.4) is 0 Å². The van der Waals surface area contributed by atoms with Crippen molar-refractivity contribution in [2.75, 3.05) is 20.1 Å². The molecule has 1 aromatic heterocycles. The van der Waals surface area contributed by atoms with E-state index in [1.165, 1.54) is 25.8 Å². The minimum Gasteiger partial charge on any atom is -0.467 e. The van der Waals surface area contributed by atoms with Crippen molar-refractivity contribution in [1.82, 2.24) is 10.2 Å². The summed E-state index contributed by atoms with van der Waals surface area (Å²) in [5.41, 5.74) is 0. The Morgan fingerprint density at radius 3 is 3.06 bits per heavy atom. The van der Waals surface area contributed by atoms with Gasteiger partial charge in [0.25, 0.3) is 0 Å². The molecule has 1 aliphatic rings. The van der Waals surface area contributed by atoms with Gasteiger partial charge in [0, 0.05) is 12.6 Å². The summed E-state index contributed by atoms with van der Waals surface area (Å²) in [5, 5.41) is 3.56. The van der Waals surface area contributed by atoms with E-state index in [0.29, 0.717) is 6.04 Å². The van der Waals surface area contributed by atoms with Gasteiger partial charge in [-0.2, -0.15) is 0 Å². The zero-order valence-electron chi connectivity index (χ0n) is 9.71. The van der Waals surface area contributed by atoms with Gasteiger partial charge in [0.15, 0.2) is 0 Å². The van der Waals surface area contributed by atoms with Crippen LogP contribution in [0.2, 0.25) is 0 Å². The molecule has 16 heavy (non-hydrogen) atoms. The Hall–Kier alpha value is -0.320. The van der Waals surface area contributed by atoms with E-state index in [1.807, 2.05) is 6.07 Å². The molecule has 3 nitrogen and oxygen atoms in total. The van der Waals surface area contributed by atoms with Gasteiger partial charge in [-0.05, 0) is 48.4 Å². The van der Waals surface area contributed by atoms with Gasteiger partial charge < -0.3 is 9.73 Å². The number of hydrogen-bond acceptors (Lipinski definition) is 3. The van der Waals surface area contributed by atoms with E-state index in [-0.39, 0.29) is 0 Å². The number of hydrogen-bond donors (Lipinski definition) is 1. The van der Waals surface area contributed by atoms with Gasteiger partial charge in [-0.3, -0.25) is 4.90 Å². The highest BCUT2D eigenvalue weighted by Crippen LogP contribution is 2.19. The number of nitrogens with zero attached hydrogens (tertiary/aromatic N) is 1. The van der Waals surface area contributed by atoms with Crippen LogP contribution in [0, 0.1) is 0 Å². The molecular formula is C12H19BrN2O. The lowest BCUT2D eigenvalue weighted by Gasteiger charge is -2.27. The zero-order chi connectivity index (χ0) is 11.4. The van der Waals surface area contributed by atoms with Gasteiger partial charge in [-0.1, -0.05) is 6.42 Å². The molecule has 1 saturated heterocycles. The van der Waals surface area contributed by atoms with Crippen LogP contribution >= 0.6 is 15.9 Å². The summed E-state index contributed by atoms with van der Waals surface area (Å²) >= 11 is 3.48. The molecule has 1 aliphatic heterocycles. The maximum absolute atomic E-state index is 5.42. The molecule has 90 valence electrons. The SMILES string of the molecule is CN(Cc1occc1Br)CC1CCCCN1. The quantitative estimate of drug-likeness (QED) is 0.922. The highest BCUT2D eigenvalue weighted by molar-refractivity contribution is 9.10. The van der Waals surface area contributed by atoms with Crippen molar-refractivity contribution >= 4 is 15.9 Å². The van der Waals surface area contributed by atoms with Gasteiger partial charge in [0.1, 0.15) is 5.76 Å². The molecular weight excluding hydrogens is 268 g/mol. The molecule has 2 heterocycles. The van der Waals surface area contributed by atoms with Crippen molar-refractivity contribution in [3.63, 3.8) is 0 Å². The first-order valence-electron chi connectivity index (χ1n) is 5.89. The van der Waals surface area contributed by atoms with E-state index in [1.54, 1.807) is 6.26 Å². The van der Waals surface area contributed by atoms with Crippen molar-refractivity contribution in [1.29, 1.82) is 0 Å². The zero-order valence-corrected chi connectivity index (χ0v) is 11.3. The lowest BCUT2D eigenvalue weighted by Crippen LogP contribution is -2.42. The third-order valence-corrected chi connectivity index (χ3v) is 3.76. The molecule has 0 radical (unpaired) electrons. The van der Waals surface area contributed by atoms with Gasteiger partial charge in [-0.25, -0.2) is 0 Å². The molecule has 2 rings (SSSR count). The van der Waals surface area contributed by atoms with Crippen LogP contribution in [0.5, 0.6) is 0 Å². The first kappa shape index (κ1) is 12.1. The average molecular weight is 287 g/mol. The molecule has 0 amide bonds. The maximum Gasteiger partial charge on any atom is 0.131 e. The second-order valence-electron chi connectivity index (χ2n) is 4.54. The van der Waals surface area contributed by atoms with Crippen LogP contribution in [-0.2, 0) is 6.54 Å². The van der Waals surface area contributed by atoms with Crippen molar-refractivity contribution in [3.05, 3.63) is 22.6 Å². The van der Waals surface area contributed by atoms with Crippen LogP contribution in [0.25, 0.3) is 0 Å². The Bertz CT molecular complexity index is 321. The molecule has 1 fully saturated rings. The summed E-state index contributed by atoms with van der Waals surface area (Å²) in [4.78, 5) is 2.31. The normalized spacial score (nSPS) is 21.6. The fourth-order valence-corrected chi connectivity index (χ4v) is 2.53. The average Bonchev–Trinajstić information content (AvgIpc) is 2.66. The number of furan rings is 1. The highest BCUT2D eigenvalue weighted by Gasteiger charge is 2.15. The minimum atomic E-state index is 0.646. The Balaban J connectivity index is 1.79. The van der Waals surface area contributed by atoms with E-state index in [0.717, 1.165) is 23.3 Å². The summed E-state index contributed by atoms with van der Waals surface area (Å²) in [6.07, 6.45) is 5.70. The molecule has 1 aromatic rings. The third-order valence-electron chi connectivity index (χ3n) is 3.05. The van der Waals surface area contributed by atoms with Crippen LogP contribution in [0.4, 0.5) is 0 Å². The highest BCUT2D eigenvalue weighted by atomic mass is 79.9. The molecule has 0 aromatic carbocycles. The Morgan fingerprint density at radius 2 is 2.44 bits per heavy atom. The largest absolute Gasteiger partial charge is 0.467 e. The summed E-state index contributed by atoms with van der Waals surface area (Å²) in [6, 6.07) is 2.59. The van der Waals surface area contributed by atoms with Gasteiger partial charge >= 0.3 is 0 Å². The van der Waals surface area contributed by atoms with Gasteiger partial charge in [-0.15, -0.1) is 0 Å². The molecule has 1 atom stereocenters. The summed E-state index contributed by atoms with van der Waals surface area (Å²) < 4.78 is 6.48. The maximum atomic E-state index is 5.42. The molecule has 4 heteroatoms. The van der Waals surface area contributed by atoms with Crippen LogP contribution in [0.15, 0.2) is 21.2 Å². The van der Waals surface area contributed by atoms with E-state index in [4.69, 9.17) is 4.42 Å². The Morgan fingerprint density at radius 1 is 1.56 bits per heavy atom. The number of rotatable bonds is 4. The smallest absolute Gasteiger partial charge is 0.131 e. The lowest BCUT2D eigenvalue weighted by atomic mass is 10.0.